The Hall–Kier alpha value is -4.96. The van der Waals surface area contributed by atoms with Gasteiger partial charge in [0.25, 0.3) is 5.91 Å². The van der Waals surface area contributed by atoms with Crippen molar-refractivity contribution in [2.24, 2.45) is 0 Å². The number of benzene rings is 2. The lowest BCUT2D eigenvalue weighted by molar-refractivity contribution is -0.181. The SMILES string of the molecule is CCN1CCN(C(=O)N[C@@H](C(=O)N[C@@]2(C(=O)OCc3ccccc3)N3C(=O)[C@@H](NC=O)[C@H]3SC2(C)C)[C@H](C)OCc2ccccc2)C(=O)C1=O. The average Bonchev–Trinajstić information content (AvgIpc) is 3.32. The first-order chi connectivity index (χ1) is 23.9. The summed E-state index contributed by atoms with van der Waals surface area (Å²) in [5.74, 6) is -4.38. The molecule has 5 atom stereocenters. The lowest BCUT2D eigenvalue weighted by atomic mass is 9.88. The van der Waals surface area contributed by atoms with Crippen LogP contribution in [0.4, 0.5) is 4.79 Å². The molecule has 7 amide bonds. The van der Waals surface area contributed by atoms with Gasteiger partial charge in [0.2, 0.25) is 18.0 Å². The topological polar surface area (TPSA) is 184 Å². The van der Waals surface area contributed by atoms with Crippen LogP contribution in [0.15, 0.2) is 60.7 Å². The van der Waals surface area contributed by atoms with Crippen LogP contribution < -0.4 is 16.0 Å². The van der Waals surface area contributed by atoms with Crippen molar-refractivity contribution < 1.29 is 43.0 Å². The monoisotopic (exact) mass is 708 g/mol. The zero-order chi connectivity index (χ0) is 36.2. The molecule has 3 saturated heterocycles. The minimum atomic E-state index is -2.10. The number of β-lactam (4-membered cyclic amide) rings is 1. The van der Waals surface area contributed by atoms with Crippen LogP contribution >= 0.6 is 11.8 Å². The third kappa shape index (κ3) is 6.76. The number of hydrogen-bond donors (Lipinski definition) is 3. The fourth-order valence-corrected chi connectivity index (χ4v) is 7.92. The summed E-state index contributed by atoms with van der Waals surface area (Å²) in [7, 11) is 0. The van der Waals surface area contributed by atoms with Gasteiger partial charge in [0, 0.05) is 19.6 Å². The van der Waals surface area contributed by atoms with E-state index < -0.39 is 69.6 Å². The van der Waals surface area contributed by atoms with Crippen LogP contribution in [-0.2, 0) is 51.5 Å². The van der Waals surface area contributed by atoms with Crippen molar-refractivity contribution in [1.82, 2.24) is 30.7 Å². The Morgan fingerprint density at radius 3 is 2.18 bits per heavy atom. The molecule has 266 valence electrons. The quantitative estimate of drug-likeness (QED) is 0.116. The molecule has 2 aromatic rings. The minimum Gasteiger partial charge on any atom is -0.458 e. The van der Waals surface area contributed by atoms with Gasteiger partial charge in [0.15, 0.2) is 0 Å². The highest BCUT2D eigenvalue weighted by molar-refractivity contribution is 8.01. The number of urea groups is 1. The Balaban J connectivity index is 1.46. The number of ether oxygens (including phenoxy) is 2. The van der Waals surface area contributed by atoms with Crippen molar-refractivity contribution in [2.75, 3.05) is 19.6 Å². The fourth-order valence-electron chi connectivity index (χ4n) is 6.21. The van der Waals surface area contributed by atoms with Gasteiger partial charge in [-0.05, 0) is 38.8 Å². The lowest BCUT2D eigenvalue weighted by Gasteiger charge is -2.50. The van der Waals surface area contributed by atoms with E-state index in [-0.39, 0.29) is 32.8 Å². The van der Waals surface area contributed by atoms with Crippen LogP contribution in [0.5, 0.6) is 0 Å². The standard InChI is InChI=1S/C34H40N6O9S/c1-5-38-16-17-39(29(45)28(38)44)32(47)36-24(21(2)48-18-22-12-8-6-9-13-22)26(42)37-34(31(46)49-19-23-14-10-7-11-15-23)33(3,4)50-30-25(35-20-41)27(43)40(30)34/h6-15,20-21,24-25,30H,5,16-19H2,1-4H3,(H,35,41)(H,36,47)(H,37,42)/t21-,24+,25+,30+,34-/m0/s1. The molecular formula is C34H40N6O9S. The van der Waals surface area contributed by atoms with Crippen molar-refractivity contribution in [3.05, 3.63) is 71.8 Å². The number of imide groups is 1. The molecule has 0 unspecified atom stereocenters. The number of fused-ring (bicyclic) bond motifs is 1. The minimum absolute atomic E-state index is 0.0472. The Kier molecular flexibility index (Phi) is 10.8. The smallest absolute Gasteiger partial charge is 0.355 e. The van der Waals surface area contributed by atoms with Gasteiger partial charge >= 0.3 is 23.8 Å². The zero-order valence-corrected chi connectivity index (χ0v) is 28.9. The summed E-state index contributed by atoms with van der Waals surface area (Å²) >= 11 is 1.19. The van der Waals surface area contributed by atoms with Crippen LogP contribution in [0, 0.1) is 0 Å². The van der Waals surface area contributed by atoms with Crippen LogP contribution in [-0.4, -0.2) is 110 Å². The van der Waals surface area contributed by atoms with Crippen LogP contribution in [0.1, 0.15) is 38.8 Å². The summed E-state index contributed by atoms with van der Waals surface area (Å²) in [5.41, 5.74) is -0.668. The van der Waals surface area contributed by atoms with Crippen molar-refractivity contribution in [1.29, 1.82) is 0 Å². The first-order valence-electron chi connectivity index (χ1n) is 16.2. The predicted octanol–water partition coefficient (Wildman–Crippen LogP) is 0.725. The number of thioether (sulfide) groups is 1. The van der Waals surface area contributed by atoms with E-state index in [4.69, 9.17) is 9.47 Å². The number of rotatable bonds is 13. The highest BCUT2D eigenvalue weighted by Crippen LogP contribution is 2.56. The van der Waals surface area contributed by atoms with E-state index >= 15 is 0 Å². The molecule has 0 radical (unpaired) electrons. The molecule has 16 heteroatoms. The number of nitrogens with zero attached hydrogens (tertiary/aromatic N) is 3. The summed E-state index contributed by atoms with van der Waals surface area (Å²) in [6, 6.07) is 14.4. The first kappa shape index (κ1) is 36.3. The predicted molar refractivity (Wildman–Crippen MR) is 179 cm³/mol. The molecule has 3 aliphatic rings. The van der Waals surface area contributed by atoms with Gasteiger partial charge in [-0.15, -0.1) is 11.8 Å². The number of carbonyl (C=O) groups excluding carboxylic acids is 7. The number of amides is 7. The van der Waals surface area contributed by atoms with E-state index in [0.717, 1.165) is 10.5 Å². The summed E-state index contributed by atoms with van der Waals surface area (Å²) < 4.78 is 10.6. The third-order valence-electron chi connectivity index (χ3n) is 9.07. The van der Waals surface area contributed by atoms with Gasteiger partial charge < -0.3 is 30.3 Å². The molecule has 0 aliphatic carbocycles. The molecule has 3 N–H and O–H groups in total. The maximum absolute atomic E-state index is 14.5. The van der Waals surface area contributed by atoms with Crippen LogP contribution in [0.25, 0.3) is 0 Å². The summed E-state index contributed by atoms with van der Waals surface area (Å²) in [5, 5.41) is 7.04. The maximum Gasteiger partial charge on any atom is 0.355 e. The van der Waals surface area contributed by atoms with Crippen LogP contribution in [0.3, 0.4) is 0 Å². The average molecular weight is 709 g/mol. The second kappa shape index (κ2) is 14.9. The van der Waals surface area contributed by atoms with Crippen molar-refractivity contribution >= 4 is 53.8 Å². The van der Waals surface area contributed by atoms with Gasteiger partial charge in [0.1, 0.15) is 24.1 Å². The van der Waals surface area contributed by atoms with Gasteiger partial charge in [-0.1, -0.05) is 60.7 Å². The molecule has 50 heavy (non-hydrogen) atoms. The Morgan fingerprint density at radius 2 is 1.58 bits per heavy atom. The molecule has 15 nitrogen and oxygen atoms in total. The summed E-state index contributed by atoms with van der Waals surface area (Å²) in [6.45, 7) is 6.73. The molecule has 3 fully saturated rings. The molecule has 0 aromatic heterocycles. The van der Waals surface area contributed by atoms with E-state index in [9.17, 15) is 33.6 Å². The molecule has 0 spiro atoms. The molecular weight excluding hydrogens is 668 g/mol. The normalized spacial score (nSPS) is 23.7. The fraction of sp³-hybridized carbons (Fsp3) is 0.441. The second-order valence-electron chi connectivity index (χ2n) is 12.5. The van der Waals surface area contributed by atoms with Gasteiger partial charge in [-0.3, -0.25) is 33.8 Å². The van der Waals surface area contributed by atoms with Crippen LogP contribution in [0.2, 0.25) is 0 Å². The lowest BCUT2D eigenvalue weighted by Crippen LogP contribution is -2.81. The molecule has 5 rings (SSSR count). The number of carbonyl (C=O) groups is 7. The molecule has 2 aromatic carbocycles. The highest BCUT2D eigenvalue weighted by atomic mass is 32.2. The van der Waals surface area contributed by atoms with E-state index in [1.54, 1.807) is 51.1 Å². The van der Waals surface area contributed by atoms with Gasteiger partial charge in [0.05, 0.1) is 17.5 Å². The zero-order valence-electron chi connectivity index (χ0n) is 28.1. The number of esters is 1. The first-order valence-corrected chi connectivity index (χ1v) is 17.0. The van der Waals surface area contributed by atoms with Gasteiger partial charge in [-0.2, -0.15) is 0 Å². The molecule has 0 bridgehead atoms. The molecule has 3 aliphatic heterocycles. The number of nitrogens with one attached hydrogen (secondary N) is 3. The number of hydrogen-bond acceptors (Lipinski definition) is 10. The molecule has 0 saturated carbocycles. The van der Waals surface area contributed by atoms with Crippen molar-refractivity contribution in [3.63, 3.8) is 0 Å². The number of piperazine rings is 1. The summed E-state index contributed by atoms with van der Waals surface area (Å²) in [4.78, 5) is 95.8. The number of likely N-dealkylation sites (N-methyl/N-ethyl adjacent to an activating group) is 1. The van der Waals surface area contributed by atoms with Gasteiger partial charge in [-0.25, -0.2) is 9.59 Å². The largest absolute Gasteiger partial charge is 0.458 e. The second-order valence-corrected chi connectivity index (χ2v) is 14.3. The Morgan fingerprint density at radius 1 is 0.960 bits per heavy atom. The van der Waals surface area contributed by atoms with E-state index in [2.05, 4.69) is 16.0 Å². The molecule has 3 heterocycles. The third-order valence-corrected chi connectivity index (χ3v) is 10.7. The van der Waals surface area contributed by atoms with E-state index in [0.29, 0.717) is 12.0 Å². The Bertz CT molecular complexity index is 1640. The maximum atomic E-state index is 14.5. The van der Waals surface area contributed by atoms with Crippen molar-refractivity contribution in [2.45, 2.75) is 74.9 Å². The summed E-state index contributed by atoms with van der Waals surface area (Å²) in [6.07, 6.45) is -0.660. The van der Waals surface area contributed by atoms with E-state index in [1.165, 1.54) is 28.5 Å². The Labute approximate surface area is 293 Å². The highest BCUT2D eigenvalue weighted by Gasteiger charge is 2.74. The van der Waals surface area contributed by atoms with Crippen molar-refractivity contribution in [3.8, 4) is 0 Å². The van der Waals surface area contributed by atoms with E-state index in [1.807, 2.05) is 30.3 Å².